The van der Waals surface area contributed by atoms with Crippen LogP contribution in [0.1, 0.15) is 33.6 Å². The average molecular weight is 198 g/mol. The normalized spacial score (nSPS) is 21.2. The molecule has 1 fully saturated rings. The Morgan fingerprint density at radius 1 is 1.14 bits per heavy atom. The molecular weight excluding hydrogens is 172 g/mol. The summed E-state index contributed by atoms with van der Waals surface area (Å²) in [7, 11) is 2.02. The smallest absolute Gasteiger partial charge is 0.00104 e. The molecule has 0 heterocycles. The third-order valence-electron chi connectivity index (χ3n) is 3.64. The topological polar surface area (TPSA) is 24.1 Å². The van der Waals surface area contributed by atoms with Gasteiger partial charge in [-0.25, -0.2) is 0 Å². The number of nitrogens with one attached hydrogen (secondary N) is 2. The van der Waals surface area contributed by atoms with E-state index in [2.05, 4.69) is 31.4 Å². The van der Waals surface area contributed by atoms with Crippen molar-refractivity contribution in [2.45, 2.75) is 33.6 Å². The second-order valence-electron chi connectivity index (χ2n) is 5.31. The van der Waals surface area contributed by atoms with E-state index >= 15 is 0 Å². The van der Waals surface area contributed by atoms with E-state index in [9.17, 15) is 0 Å². The molecule has 2 nitrogen and oxygen atoms in total. The molecule has 0 aromatic rings. The van der Waals surface area contributed by atoms with Crippen molar-refractivity contribution in [3.8, 4) is 0 Å². The highest BCUT2D eigenvalue weighted by atomic mass is 14.9. The van der Waals surface area contributed by atoms with Crippen LogP contribution in [0, 0.1) is 17.3 Å². The fourth-order valence-corrected chi connectivity index (χ4v) is 2.11. The van der Waals surface area contributed by atoms with Gasteiger partial charge in [0.15, 0.2) is 0 Å². The van der Waals surface area contributed by atoms with Crippen LogP contribution in [0.5, 0.6) is 0 Å². The van der Waals surface area contributed by atoms with Crippen molar-refractivity contribution < 1.29 is 0 Å². The predicted molar refractivity (Wildman–Crippen MR) is 62.5 cm³/mol. The van der Waals surface area contributed by atoms with Crippen molar-refractivity contribution in [3.05, 3.63) is 0 Å². The van der Waals surface area contributed by atoms with Crippen LogP contribution in [0.2, 0.25) is 0 Å². The molecule has 0 spiro atoms. The van der Waals surface area contributed by atoms with Gasteiger partial charge in [0.05, 0.1) is 0 Å². The summed E-state index contributed by atoms with van der Waals surface area (Å²) in [5, 5.41) is 6.83. The van der Waals surface area contributed by atoms with Gasteiger partial charge in [-0.1, -0.05) is 20.8 Å². The Balaban J connectivity index is 2.09. The molecule has 0 bridgehead atoms. The summed E-state index contributed by atoms with van der Waals surface area (Å²) in [6.07, 6.45) is 2.86. The summed E-state index contributed by atoms with van der Waals surface area (Å²) in [5.41, 5.74) is 0.652. The maximum Gasteiger partial charge on any atom is 0.00104 e. The Kier molecular flexibility index (Phi) is 4.39. The van der Waals surface area contributed by atoms with Crippen LogP contribution in [0.4, 0.5) is 0 Å². The Bertz CT molecular complexity index is 162. The Labute approximate surface area is 88.8 Å². The predicted octanol–water partition coefficient (Wildman–Crippen LogP) is 1.87. The summed E-state index contributed by atoms with van der Waals surface area (Å²) in [4.78, 5) is 0. The molecule has 1 aliphatic carbocycles. The van der Waals surface area contributed by atoms with Crippen LogP contribution in [0.25, 0.3) is 0 Å². The first-order valence-corrected chi connectivity index (χ1v) is 5.96. The van der Waals surface area contributed by atoms with E-state index in [0.717, 1.165) is 24.9 Å². The summed E-state index contributed by atoms with van der Waals surface area (Å²) in [5.74, 6) is 1.58. The molecule has 0 saturated heterocycles. The molecule has 1 saturated carbocycles. The molecule has 0 aliphatic heterocycles. The van der Waals surface area contributed by atoms with E-state index < -0.39 is 0 Å². The first kappa shape index (κ1) is 12.0. The van der Waals surface area contributed by atoms with Crippen molar-refractivity contribution >= 4 is 0 Å². The van der Waals surface area contributed by atoms with E-state index in [0.29, 0.717) is 5.41 Å². The van der Waals surface area contributed by atoms with Crippen molar-refractivity contribution in [1.29, 1.82) is 0 Å². The van der Waals surface area contributed by atoms with Crippen molar-refractivity contribution in [2.75, 3.05) is 26.7 Å². The zero-order chi connectivity index (χ0) is 10.6. The fourth-order valence-electron chi connectivity index (χ4n) is 2.11. The molecule has 1 rings (SSSR count). The summed E-state index contributed by atoms with van der Waals surface area (Å²) < 4.78 is 0. The second-order valence-corrected chi connectivity index (χ2v) is 5.31. The maximum atomic E-state index is 3.61. The van der Waals surface area contributed by atoms with Crippen molar-refractivity contribution in [2.24, 2.45) is 17.3 Å². The molecule has 1 unspecified atom stereocenters. The van der Waals surface area contributed by atoms with Gasteiger partial charge >= 0.3 is 0 Å². The first-order chi connectivity index (χ1) is 6.60. The molecule has 0 amide bonds. The van der Waals surface area contributed by atoms with E-state index in [1.807, 2.05) is 7.05 Å². The molecule has 84 valence electrons. The number of hydrogen-bond donors (Lipinski definition) is 2. The lowest BCUT2D eigenvalue weighted by atomic mass is 9.92. The summed E-state index contributed by atoms with van der Waals surface area (Å²) in [6, 6.07) is 0. The maximum absolute atomic E-state index is 3.61. The number of hydrogen-bond acceptors (Lipinski definition) is 2. The Morgan fingerprint density at radius 3 is 2.21 bits per heavy atom. The second kappa shape index (κ2) is 5.13. The molecule has 0 aromatic carbocycles. The van der Waals surface area contributed by atoms with Gasteiger partial charge in [-0.05, 0) is 50.2 Å². The summed E-state index contributed by atoms with van der Waals surface area (Å²) >= 11 is 0. The minimum atomic E-state index is 0.652. The van der Waals surface area contributed by atoms with Gasteiger partial charge in [0.1, 0.15) is 0 Å². The van der Waals surface area contributed by atoms with Crippen LogP contribution in [0.3, 0.4) is 0 Å². The van der Waals surface area contributed by atoms with Gasteiger partial charge in [-0.15, -0.1) is 0 Å². The minimum Gasteiger partial charge on any atom is -0.319 e. The fraction of sp³-hybridized carbons (Fsp3) is 1.00. The van der Waals surface area contributed by atoms with Crippen LogP contribution in [-0.4, -0.2) is 26.7 Å². The van der Waals surface area contributed by atoms with Gasteiger partial charge in [-0.2, -0.15) is 0 Å². The molecule has 2 heteroatoms. The quantitative estimate of drug-likeness (QED) is 0.652. The minimum absolute atomic E-state index is 0.652. The van der Waals surface area contributed by atoms with Crippen molar-refractivity contribution in [3.63, 3.8) is 0 Å². The van der Waals surface area contributed by atoms with Crippen LogP contribution < -0.4 is 10.6 Å². The third kappa shape index (κ3) is 3.25. The van der Waals surface area contributed by atoms with E-state index in [-0.39, 0.29) is 0 Å². The highest BCUT2D eigenvalue weighted by molar-refractivity contribution is 4.97. The SMILES string of the molecule is CNCC(C)CNCC1(C(C)C)CC1. The molecule has 1 atom stereocenters. The zero-order valence-electron chi connectivity index (χ0n) is 10.2. The van der Waals surface area contributed by atoms with Gasteiger partial charge < -0.3 is 10.6 Å². The summed E-state index contributed by atoms with van der Waals surface area (Å²) in [6.45, 7) is 10.5. The standard InChI is InChI=1S/C12H26N2/c1-10(2)12(5-6-12)9-14-8-11(3)7-13-4/h10-11,13-14H,5-9H2,1-4H3. The van der Waals surface area contributed by atoms with Crippen LogP contribution in [-0.2, 0) is 0 Å². The molecule has 14 heavy (non-hydrogen) atoms. The lowest BCUT2D eigenvalue weighted by Gasteiger charge is -2.21. The Morgan fingerprint density at radius 2 is 1.79 bits per heavy atom. The van der Waals surface area contributed by atoms with Gasteiger partial charge in [0.2, 0.25) is 0 Å². The third-order valence-corrected chi connectivity index (χ3v) is 3.64. The zero-order valence-corrected chi connectivity index (χ0v) is 10.2. The molecule has 0 radical (unpaired) electrons. The first-order valence-electron chi connectivity index (χ1n) is 5.96. The average Bonchev–Trinajstić information content (AvgIpc) is 2.86. The monoisotopic (exact) mass is 198 g/mol. The number of rotatable bonds is 7. The van der Waals surface area contributed by atoms with Crippen LogP contribution in [0.15, 0.2) is 0 Å². The molecular formula is C12H26N2. The molecule has 1 aliphatic rings. The lowest BCUT2D eigenvalue weighted by Crippen LogP contribution is -2.33. The highest BCUT2D eigenvalue weighted by Gasteiger charge is 2.44. The van der Waals surface area contributed by atoms with Gasteiger partial charge in [-0.3, -0.25) is 0 Å². The van der Waals surface area contributed by atoms with Crippen molar-refractivity contribution in [1.82, 2.24) is 10.6 Å². The molecule has 0 aromatic heterocycles. The van der Waals surface area contributed by atoms with Gasteiger partial charge in [0, 0.05) is 6.54 Å². The van der Waals surface area contributed by atoms with E-state index in [4.69, 9.17) is 0 Å². The van der Waals surface area contributed by atoms with E-state index in [1.165, 1.54) is 19.4 Å². The largest absolute Gasteiger partial charge is 0.319 e. The lowest BCUT2D eigenvalue weighted by molar-refractivity contribution is 0.328. The van der Waals surface area contributed by atoms with E-state index in [1.54, 1.807) is 0 Å². The van der Waals surface area contributed by atoms with Crippen LogP contribution >= 0.6 is 0 Å². The highest BCUT2D eigenvalue weighted by Crippen LogP contribution is 2.51. The van der Waals surface area contributed by atoms with Gasteiger partial charge in [0.25, 0.3) is 0 Å². The Hall–Kier alpha value is -0.0800. The molecule has 2 N–H and O–H groups in total.